The van der Waals surface area contributed by atoms with Crippen molar-refractivity contribution in [3.8, 4) is 0 Å². The number of rotatable bonds is 1. The molecular weight excluding hydrogens is 200 g/mol. The quantitative estimate of drug-likeness (QED) is 0.779. The summed E-state index contributed by atoms with van der Waals surface area (Å²) in [5.41, 5.74) is 1.02. The minimum Gasteiger partial charge on any atom is -0.314 e. The molecule has 1 aromatic rings. The number of carbonyl (C=O) groups is 1. The molecule has 1 aliphatic rings. The average molecular weight is 218 g/mol. The molecule has 1 amide bonds. The summed E-state index contributed by atoms with van der Waals surface area (Å²) in [7, 11) is 0. The summed E-state index contributed by atoms with van der Waals surface area (Å²) < 4.78 is 0. The third kappa shape index (κ3) is 2.61. The Morgan fingerprint density at radius 3 is 2.81 bits per heavy atom. The lowest BCUT2D eigenvalue weighted by Crippen LogP contribution is -2.42. The molecule has 0 aliphatic carbocycles. The largest absolute Gasteiger partial charge is 0.314 e. The van der Waals surface area contributed by atoms with Crippen molar-refractivity contribution in [2.24, 2.45) is 0 Å². The minimum absolute atomic E-state index is 0.214. The number of anilines is 1. The van der Waals surface area contributed by atoms with Crippen molar-refractivity contribution in [2.45, 2.75) is 25.8 Å². The topological polar surface area (TPSA) is 32.3 Å². The Kier molecular flexibility index (Phi) is 3.57. The second-order valence-corrected chi connectivity index (χ2v) is 4.29. The van der Waals surface area contributed by atoms with E-state index in [9.17, 15) is 4.79 Å². The first kappa shape index (κ1) is 11.1. The molecule has 0 radical (unpaired) electrons. The highest BCUT2D eigenvalue weighted by molar-refractivity contribution is 5.93. The smallest absolute Gasteiger partial charge is 0.228 e. The average Bonchev–Trinajstić information content (AvgIpc) is 2.27. The van der Waals surface area contributed by atoms with Gasteiger partial charge in [0.05, 0.1) is 0 Å². The Labute approximate surface area is 96.5 Å². The van der Waals surface area contributed by atoms with Gasteiger partial charge in [-0.25, -0.2) is 0 Å². The van der Waals surface area contributed by atoms with E-state index in [2.05, 4.69) is 12.2 Å². The van der Waals surface area contributed by atoms with Gasteiger partial charge in [0.15, 0.2) is 0 Å². The molecule has 1 unspecified atom stereocenters. The van der Waals surface area contributed by atoms with E-state index < -0.39 is 0 Å². The van der Waals surface area contributed by atoms with Crippen LogP contribution in [-0.4, -0.2) is 25.0 Å². The number of nitrogens with zero attached hydrogens (tertiary/aromatic N) is 1. The van der Waals surface area contributed by atoms with Crippen molar-refractivity contribution >= 4 is 11.6 Å². The maximum absolute atomic E-state index is 12.1. The van der Waals surface area contributed by atoms with E-state index in [1.807, 2.05) is 35.2 Å². The molecule has 86 valence electrons. The van der Waals surface area contributed by atoms with Crippen LogP contribution in [0.25, 0.3) is 0 Å². The Morgan fingerprint density at radius 2 is 2.06 bits per heavy atom. The fraction of sp³-hybridized carbons (Fsp3) is 0.462. The normalized spacial score (nSPS) is 22.7. The van der Waals surface area contributed by atoms with Crippen LogP contribution in [0.1, 0.15) is 19.8 Å². The van der Waals surface area contributed by atoms with Gasteiger partial charge in [-0.3, -0.25) is 4.79 Å². The van der Waals surface area contributed by atoms with E-state index >= 15 is 0 Å². The highest BCUT2D eigenvalue weighted by atomic mass is 16.2. The molecule has 2 rings (SSSR count). The fourth-order valence-electron chi connectivity index (χ4n) is 2.04. The van der Waals surface area contributed by atoms with E-state index in [1.165, 1.54) is 0 Å². The van der Waals surface area contributed by atoms with Crippen molar-refractivity contribution in [1.29, 1.82) is 0 Å². The second-order valence-electron chi connectivity index (χ2n) is 4.29. The highest BCUT2D eigenvalue weighted by Crippen LogP contribution is 2.16. The molecule has 1 heterocycles. The number of hydrogen-bond acceptors (Lipinski definition) is 2. The molecular formula is C13H18N2O. The van der Waals surface area contributed by atoms with Gasteiger partial charge in [0.25, 0.3) is 0 Å². The Balaban J connectivity index is 2.15. The van der Waals surface area contributed by atoms with E-state index in [0.29, 0.717) is 6.42 Å². The second kappa shape index (κ2) is 5.12. The van der Waals surface area contributed by atoms with Crippen molar-refractivity contribution < 1.29 is 4.79 Å². The number of amides is 1. The number of carbonyl (C=O) groups excluding carboxylic acids is 1. The van der Waals surface area contributed by atoms with Gasteiger partial charge in [0.2, 0.25) is 5.91 Å². The lowest BCUT2D eigenvalue weighted by Gasteiger charge is -2.27. The number of hydrogen-bond donors (Lipinski definition) is 1. The van der Waals surface area contributed by atoms with Crippen LogP contribution in [-0.2, 0) is 4.79 Å². The first-order chi connectivity index (χ1) is 7.77. The predicted octanol–water partition coefficient (Wildman–Crippen LogP) is 1.79. The third-order valence-electron chi connectivity index (χ3n) is 2.90. The Hall–Kier alpha value is -1.35. The zero-order chi connectivity index (χ0) is 11.4. The molecule has 0 saturated carbocycles. The highest BCUT2D eigenvalue weighted by Gasteiger charge is 2.19. The van der Waals surface area contributed by atoms with E-state index in [1.54, 1.807) is 0 Å². The summed E-state index contributed by atoms with van der Waals surface area (Å²) in [4.78, 5) is 14.0. The van der Waals surface area contributed by atoms with E-state index in [0.717, 1.165) is 25.2 Å². The van der Waals surface area contributed by atoms with Crippen molar-refractivity contribution in [1.82, 2.24) is 5.32 Å². The summed E-state index contributed by atoms with van der Waals surface area (Å²) >= 11 is 0. The molecule has 0 spiro atoms. The molecule has 1 fully saturated rings. The first-order valence-electron chi connectivity index (χ1n) is 5.86. The lowest BCUT2D eigenvalue weighted by atomic mass is 10.1. The molecule has 1 aliphatic heterocycles. The van der Waals surface area contributed by atoms with Crippen molar-refractivity contribution in [2.75, 3.05) is 18.0 Å². The van der Waals surface area contributed by atoms with Crippen LogP contribution in [0.5, 0.6) is 0 Å². The summed E-state index contributed by atoms with van der Waals surface area (Å²) in [6.07, 6.45) is 1.58. The molecule has 0 bridgehead atoms. The molecule has 1 N–H and O–H groups in total. The molecule has 1 aromatic carbocycles. The van der Waals surface area contributed by atoms with Crippen LogP contribution in [0, 0.1) is 0 Å². The zero-order valence-corrected chi connectivity index (χ0v) is 9.65. The van der Waals surface area contributed by atoms with Gasteiger partial charge in [-0.1, -0.05) is 18.2 Å². The van der Waals surface area contributed by atoms with Crippen LogP contribution in [0.15, 0.2) is 30.3 Å². The van der Waals surface area contributed by atoms with Gasteiger partial charge >= 0.3 is 0 Å². The van der Waals surface area contributed by atoms with Gasteiger partial charge in [-0.2, -0.15) is 0 Å². The van der Waals surface area contributed by atoms with Gasteiger partial charge in [0, 0.05) is 24.7 Å². The fourth-order valence-corrected chi connectivity index (χ4v) is 2.04. The molecule has 16 heavy (non-hydrogen) atoms. The van der Waals surface area contributed by atoms with Crippen LogP contribution in [0.2, 0.25) is 0 Å². The van der Waals surface area contributed by atoms with Crippen LogP contribution >= 0.6 is 0 Å². The van der Waals surface area contributed by atoms with Crippen LogP contribution in [0.3, 0.4) is 0 Å². The summed E-state index contributed by atoms with van der Waals surface area (Å²) in [6.45, 7) is 3.85. The summed E-state index contributed by atoms with van der Waals surface area (Å²) in [5.74, 6) is 0.214. The van der Waals surface area contributed by atoms with Gasteiger partial charge < -0.3 is 10.2 Å². The maximum Gasteiger partial charge on any atom is 0.228 e. The minimum atomic E-state index is 0.214. The lowest BCUT2D eigenvalue weighted by molar-refractivity contribution is -0.119. The number of para-hydroxylation sites is 1. The number of benzene rings is 1. The summed E-state index contributed by atoms with van der Waals surface area (Å²) in [5, 5.41) is 3.34. The maximum atomic E-state index is 12.1. The van der Waals surface area contributed by atoms with Crippen molar-refractivity contribution in [3.05, 3.63) is 30.3 Å². The molecule has 3 heteroatoms. The van der Waals surface area contributed by atoms with Crippen molar-refractivity contribution in [3.63, 3.8) is 0 Å². The van der Waals surface area contributed by atoms with E-state index in [-0.39, 0.29) is 11.9 Å². The SMILES string of the molecule is CC1CC(=O)N(c2ccccc2)CCCN1. The van der Waals surface area contributed by atoms with Gasteiger partial charge in [-0.05, 0) is 32.0 Å². The molecule has 0 aromatic heterocycles. The zero-order valence-electron chi connectivity index (χ0n) is 9.65. The Morgan fingerprint density at radius 1 is 1.31 bits per heavy atom. The van der Waals surface area contributed by atoms with Gasteiger partial charge in [0.1, 0.15) is 0 Å². The first-order valence-corrected chi connectivity index (χ1v) is 5.86. The van der Waals surface area contributed by atoms with Gasteiger partial charge in [-0.15, -0.1) is 0 Å². The molecule has 1 saturated heterocycles. The predicted molar refractivity (Wildman–Crippen MR) is 65.5 cm³/mol. The Bertz CT molecular complexity index is 350. The van der Waals surface area contributed by atoms with Crippen LogP contribution in [0.4, 0.5) is 5.69 Å². The molecule has 3 nitrogen and oxygen atoms in total. The van der Waals surface area contributed by atoms with E-state index in [4.69, 9.17) is 0 Å². The molecule has 1 atom stereocenters. The standard InChI is InChI=1S/C13H18N2O/c1-11-10-13(16)15(9-5-8-14-11)12-6-3-2-4-7-12/h2-4,6-7,11,14H,5,8-10H2,1H3. The monoisotopic (exact) mass is 218 g/mol. The summed E-state index contributed by atoms with van der Waals surface area (Å²) in [6, 6.07) is 10.2. The third-order valence-corrected chi connectivity index (χ3v) is 2.90. The van der Waals surface area contributed by atoms with Crippen LogP contribution < -0.4 is 10.2 Å². The number of nitrogens with one attached hydrogen (secondary N) is 1.